The Labute approximate surface area is 110 Å². The Morgan fingerprint density at radius 2 is 2.28 bits per heavy atom. The molecule has 100 valence electrons. The molecule has 3 heteroatoms. The highest BCUT2D eigenvalue weighted by molar-refractivity contribution is 5.28. The molecule has 3 N–H and O–H groups in total. The van der Waals surface area contributed by atoms with E-state index in [0.29, 0.717) is 12.1 Å². The summed E-state index contributed by atoms with van der Waals surface area (Å²) in [5.74, 6) is 0.937. The first-order valence-corrected chi connectivity index (χ1v) is 6.90. The van der Waals surface area contributed by atoms with E-state index in [1.165, 1.54) is 24.8 Å². The fourth-order valence-corrected chi connectivity index (χ4v) is 2.66. The first-order valence-electron chi connectivity index (χ1n) is 6.90. The van der Waals surface area contributed by atoms with Crippen LogP contribution in [0, 0.1) is 0 Å². The molecule has 1 fully saturated rings. The van der Waals surface area contributed by atoms with Crippen molar-refractivity contribution >= 4 is 0 Å². The average Bonchev–Trinajstić information content (AvgIpc) is 2.39. The highest BCUT2D eigenvalue weighted by Gasteiger charge is 2.18. The largest absolute Gasteiger partial charge is 0.497 e. The van der Waals surface area contributed by atoms with Crippen molar-refractivity contribution in [3.05, 3.63) is 29.8 Å². The summed E-state index contributed by atoms with van der Waals surface area (Å²) in [7, 11) is 1.71. The van der Waals surface area contributed by atoms with Gasteiger partial charge in [-0.2, -0.15) is 0 Å². The molecule has 1 aliphatic carbocycles. The van der Waals surface area contributed by atoms with E-state index >= 15 is 0 Å². The molecule has 0 aliphatic heterocycles. The van der Waals surface area contributed by atoms with Crippen LogP contribution in [0.3, 0.4) is 0 Å². The van der Waals surface area contributed by atoms with Gasteiger partial charge in [-0.3, -0.25) is 0 Å². The monoisotopic (exact) mass is 248 g/mol. The minimum atomic E-state index is 0.396. The quantitative estimate of drug-likeness (QED) is 0.839. The average molecular weight is 248 g/mol. The van der Waals surface area contributed by atoms with Crippen LogP contribution in [0.2, 0.25) is 0 Å². The molecule has 0 radical (unpaired) electrons. The summed E-state index contributed by atoms with van der Waals surface area (Å²) in [6, 6.07) is 9.29. The maximum Gasteiger partial charge on any atom is 0.119 e. The van der Waals surface area contributed by atoms with Crippen molar-refractivity contribution in [1.82, 2.24) is 5.32 Å². The number of benzene rings is 1. The molecular formula is C15H24N2O. The zero-order valence-electron chi connectivity index (χ0n) is 11.2. The minimum absolute atomic E-state index is 0.396. The number of methoxy groups -OCH3 is 1. The molecule has 0 heterocycles. The van der Waals surface area contributed by atoms with Crippen LogP contribution in [0.5, 0.6) is 5.75 Å². The molecule has 0 spiro atoms. The summed E-state index contributed by atoms with van der Waals surface area (Å²) in [5, 5.41) is 3.62. The first kappa shape index (κ1) is 13.4. The molecule has 2 atom stereocenters. The van der Waals surface area contributed by atoms with Crippen LogP contribution >= 0.6 is 0 Å². The second-order valence-electron chi connectivity index (χ2n) is 5.18. The zero-order valence-corrected chi connectivity index (χ0v) is 11.2. The number of hydrogen-bond donors (Lipinski definition) is 2. The Morgan fingerprint density at radius 1 is 1.39 bits per heavy atom. The summed E-state index contributed by atoms with van der Waals surface area (Å²) < 4.78 is 5.23. The van der Waals surface area contributed by atoms with E-state index in [1.54, 1.807) is 7.11 Å². The second-order valence-corrected chi connectivity index (χ2v) is 5.18. The molecule has 0 saturated heterocycles. The van der Waals surface area contributed by atoms with Gasteiger partial charge in [0, 0.05) is 12.1 Å². The number of ether oxygens (including phenoxy) is 1. The summed E-state index contributed by atoms with van der Waals surface area (Å²) >= 11 is 0. The van der Waals surface area contributed by atoms with Crippen LogP contribution in [0.1, 0.15) is 31.2 Å². The number of nitrogens with one attached hydrogen (secondary N) is 1. The lowest BCUT2D eigenvalue weighted by molar-refractivity contribution is 0.341. The minimum Gasteiger partial charge on any atom is -0.497 e. The van der Waals surface area contributed by atoms with Gasteiger partial charge in [-0.05, 0) is 49.9 Å². The molecule has 1 aromatic carbocycles. The van der Waals surface area contributed by atoms with Crippen LogP contribution in [0.25, 0.3) is 0 Å². The first-order chi connectivity index (χ1) is 8.78. The fraction of sp³-hybridized carbons (Fsp3) is 0.600. The Hall–Kier alpha value is -1.06. The summed E-state index contributed by atoms with van der Waals surface area (Å²) in [4.78, 5) is 0. The summed E-state index contributed by atoms with van der Waals surface area (Å²) in [5.41, 5.74) is 7.31. The lowest BCUT2D eigenvalue weighted by atomic mass is 9.91. The van der Waals surface area contributed by atoms with Gasteiger partial charge in [0.15, 0.2) is 0 Å². The lowest BCUT2D eigenvalue weighted by Crippen LogP contribution is -2.40. The maximum atomic E-state index is 5.99. The van der Waals surface area contributed by atoms with Crippen LogP contribution in [-0.2, 0) is 6.42 Å². The molecule has 1 aliphatic rings. The highest BCUT2D eigenvalue weighted by Crippen LogP contribution is 2.17. The topological polar surface area (TPSA) is 47.3 Å². The molecule has 0 aromatic heterocycles. The van der Waals surface area contributed by atoms with E-state index in [-0.39, 0.29) is 0 Å². The Balaban J connectivity index is 1.74. The summed E-state index contributed by atoms with van der Waals surface area (Å²) in [6.07, 6.45) is 5.89. The van der Waals surface area contributed by atoms with E-state index in [2.05, 4.69) is 17.4 Å². The van der Waals surface area contributed by atoms with Crippen molar-refractivity contribution in [2.24, 2.45) is 5.73 Å². The van der Waals surface area contributed by atoms with Crippen molar-refractivity contribution in [1.29, 1.82) is 0 Å². The van der Waals surface area contributed by atoms with E-state index in [1.807, 2.05) is 12.1 Å². The van der Waals surface area contributed by atoms with Gasteiger partial charge < -0.3 is 15.8 Å². The predicted octanol–water partition coefficient (Wildman–Crippen LogP) is 2.10. The van der Waals surface area contributed by atoms with Crippen LogP contribution in [0.4, 0.5) is 0 Å². The Bertz CT molecular complexity index is 367. The molecule has 2 rings (SSSR count). The van der Waals surface area contributed by atoms with E-state index < -0.39 is 0 Å². The van der Waals surface area contributed by atoms with Gasteiger partial charge in [0.05, 0.1) is 7.11 Å². The van der Waals surface area contributed by atoms with Crippen molar-refractivity contribution in [2.45, 2.75) is 44.2 Å². The van der Waals surface area contributed by atoms with E-state index in [9.17, 15) is 0 Å². The molecule has 1 saturated carbocycles. The third kappa shape index (κ3) is 4.00. The third-order valence-electron chi connectivity index (χ3n) is 3.70. The number of nitrogens with two attached hydrogens (primary N) is 1. The van der Waals surface area contributed by atoms with E-state index in [4.69, 9.17) is 10.5 Å². The molecular weight excluding hydrogens is 224 g/mol. The fourth-order valence-electron chi connectivity index (χ4n) is 2.66. The molecule has 18 heavy (non-hydrogen) atoms. The van der Waals surface area contributed by atoms with Crippen molar-refractivity contribution in [3.8, 4) is 5.75 Å². The Kier molecular flexibility index (Phi) is 5.02. The van der Waals surface area contributed by atoms with E-state index in [0.717, 1.165) is 25.1 Å². The second kappa shape index (κ2) is 6.76. The number of hydrogen-bond acceptors (Lipinski definition) is 3. The molecule has 0 bridgehead atoms. The van der Waals surface area contributed by atoms with Crippen molar-refractivity contribution < 1.29 is 4.74 Å². The summed E-state index contributed by atoms with van der Waals surface area (Å²) in [6.45, 7) is 1.02. The zero-order chi connectivity index (χ0) is 12.8. The van der Waals surface area contributed by atoms with Gasteiger partial charge in [-0.25, -0.2) is 0 Å². The maximum absolute atomic E-state index is 5.99. The smallest absolute Gasteiger partial charge is 0.119 e. The molecule has 3 nitrogen and oxygen atoms in total. The van der Waals surface area contributed by atoms with Crippen LogP contribution in [0.15, 0.2) is 24.3 Å². The van der Waals surface area contributed by atoms with Crippen LogP contribution in [-0.4, -0.2) is 25.7 Å². The molecule has 1 aromatic rings. The normalized spacial score (nSPS) is 23.9. The highest BCUT2D eigenvalue weighted by atomic mass is 16.5. The SMILES string of the molecule is COc1cccc(CCNC2CCCC(N)C2)c1. The molecule has 2 unspecified atom stereocenters. The Morgan fingerprint density at radius 3 is 3.06 bits per heavy atom. The lowest BCUT2D eigenvalue weighted by Gasteiger charge is -2.27. The third-order valence-corrected chi connectivity index (χ3v) is 3.70. The predicted molar refractivity (Wildman–Crippen MR) is 74.9 cm³/mol. The molecule has 0 amide bonds. The van der Waals surface area contributed by atoms with Gasteiger partial charge in [0.2, 0.25) is 0 Å². The van der Waals surface area contributed by atoms with Gasteiger partial charge in [-0.15, -0.1) is 0 Å². The number of rotatable bonds is 5. The standard InChI is InChI=1S/C15H24N2O/c1-18-15-7-2-4-12(10-15)8-9-17-14-6-3-5-13(16)11-14/h2,4,7,10,13-14,17H,3,5-6,8-9,11,16H2,1H3. The van der Waals surface area contributed by atoms with Gasteiger partial charge in [-0.1, -0.05) is 18.6 Å². The van der Waals surface area contributed by atoms with Crippen LogP contribution < -0.4 is 15.8 Å². The van der Waals surface area contributed by atoms with Gasteiger partial charge in [0.1, 0.15) is 5.75 Å². The van der Waals surface area contributed by atoms with Crippen molar-refractivity contribution in [2.75, 3.05) is 13.7 Å². The van der Waals surface area contributed by atoms with Gasteiger partial charge >= 0.3 is 0 Å². The van der Waals surface area contributed by atoms with Gasteiger partial charge in [0.25, 0.3) is 0 Å². The van der Waals surface area contributed by atoms with Crippen molar-refractivity contribution in [3.63, 3.8) is 0 Å².